The van der Waals surface area contributed by atoms with Crippen LogP contribution >= 0.6 is 0 Å². The van der Waals surface area contributed by atoms with Gasteiger partial charge >= 0.3 is 11.9 Å². The molecule has 0 atom stereocenters. The molecule has 0 unspecified atom stereocenters. The van der Waals surface area contributed by atoms with Gasteiger partial charge in [-0.05, 0) is 19.8 Å². The van der Waals surface area contributed by atoms with E-state index in [9.17, 15) is 14.7 Å². The lowest BCUT2D eigenvalue weighted by molar-refractivity contribution is -0.136. The van der Waals surface area contributed by atoms with Crippen LogP contribution in [0.3, 0.4) is 0 Å². The smallest absolute Gasteiger partial charge is 0.333 e. The van der Waals surface area contributed by atoms with Crippen LogP contribution in [0.5, 0.6) is 0 Å². The summed E-state index contributed by atoms with van der Waals surface area (Å²) < 4.78 is 0. The molecule has 0 radical (unpaired) electrons. The number of likely N-dealkylation sites (tertiary alicyclic amines) is 1. The summed E-state index contributed by atoms with van der Waals surface area (Å²) in [5.41, 5.74) is -0.225. The van der Waals surface area contributed by atoms with Gasteiger partial charge in [0.2, 0.25) is 0 Å². The van der Waals surface area contributed by atoms with E-state index in [1.54, 1.807) is 0 Å². The van der Waals surface area contributed by atoms with E-state index in [1.807, 2.05) is 4.90 Å². The van der Waals surface area contributed by atoms with E-state index in [-0.39, 0.29) is 23.8 Å². The lowest BCUT2D eigenvalue weighted by Gasteiger charge is -2.29. The van der Waals surface area contributed by atoms with Crippen molar-refractivity contribution in [3.8, 4) is 0 Å². The van der Waals surface area contributed by atoms with Crippen LogP contribution in [0.1, 0.15) is 19.8 Å². The van der Waals surface area contributed by atoms with Crippen molar-refractivity contribution in [3.05, 3.63) is 11.1 Å². The van der Waals surface area contributed by atoms with E-state index in [2.05, 4.69) is 0 Å². The van der Waals surface area contributed by atoms with Crippen molar-refractivity contribution in [3.63, 3.8) is 0 Å². The van der Waals surface area contributed by atoms with Crippen LogP contribution < -0.4 is 0 Å². The normalized spacial score (nSPS) is 19.9. The monoisotopic (exact) mass is 243 g/mol. The Morgan fingerprint density at radius 3 is 2.12 bits per heavy atom. The van der Waals surface area contributed by atoms with Gasteiger partial charge < -0.3 is 15.3 Å². The third-order valence-corrected chi connectivity index (χ3v) is 2.97. The molecule has 3 N–H and O–H groups in total. The molecule has 0 aromatic heterocycles. The minimum Gasteiger partial charge on any atom is -0.478 e. The van der Waals surface area contributed by atoms with Gasteiger partial charge in [-0.3, -0.25) is 4.90 Å². The zero-order valence-corrected chi connectivity index (χ0v) is 9.72. The second-order valence-corrected chi connectivity index (χ2v) is 4.22. The van der Waals surface area contributed by atoms with Gasteiger partial charge in [-0.25, -0.2) is 9.59 Å². The quantitative estimate of drug-likeness (QED) is 0.598. The highest BCUT2D eigenvalue weighted by atomic mass is 16.4. The van der Waals surface area contributed by atoms with Crippen molar-refractivity contribution in [2.45, 2.75) is 25.9 Å². The van der Waals surface area contributed by atoms with Gasteiger partial charge in [-0.2, -0.15) is 0 Å². The van der Waals surface area contributed by atoms with Gasteiger partial charge in [-0.15, -0.1) is 0 Å². The first kappa shape index (κ1) is 13.7. The van der Waals surface area contributed by atoms with Gasteiger partial charge in [0, 0.05) is 25.2 Å². The van der Waals surface area contributed by atoms with E-state index in [0.717, 1.165) is 0 Å². The lowest BCUT2D eigenvalue weighted by atomic mass is 10.1. The summed E-state index contributed by atoms with van der Waals surface area (Å²) in [4.78, 5) is 23.6. The fourth-order valence-corrected chi connectivity index (χ4v) is 1.78. The van der Waals surface area contributed by atoms with Gasteiger partial charge in [0.1, 0.15) is 0 Å². The van der Waals surface area contributed by atoms with Gasteiger partial charge in [0.15, 0.2) is 0 Å². The molecular formula is C11H17NO5. The maximum Gasteiger partial charge on any atom is 0.333 e. The number of aliphatic hydroxyl groups excluding tert-OH is 1. The van der Waals surface area contributed by atoms with Crippen LogP contribution in [0.25, 0.3) is 0 Å². The van der Waals surface area contributed by atoms with E-state index in [0.29, 0.717) is 25.9 Å². The van der Waals surface area contributed by atoms with Crippen molar-refractivity contribution in [1.82, 2.24) is 4.90 Å². The van der Waals surface area contributed by atoms with Crippen LogP contribution in [-0.2, 0) is 9.59 Å². The third kappa shape index (κ3) is 3.83. The Kier molecular flexibility index (Phi) is 4.65. The average Bonchev–Trinajstić information content (AvgIpc) is 2.26. The number of carbonyl (C=O) groups is 2. The molecule has 0 saturated carbocycles. The predicted octanol–water partition coefficient (Wildman–Crippen LogP) is -0.0712. The largest absolute Gasteiger partial charge is 0.478 e. The van der Waals surface area contributed by atoms with Crippen LogP contribution in [-0.4, -0.2) is 57.9 Å². The van der Waals surface area contributed by atoms with Crippen molar-refractivity contribution in [2.75, 3.05) is 19.6 Å². The van der Waals surface area contributed by atoms with E-state index in [1.165, 1.54) is 6.92 Å². The summed E-state index contributed by atoms with van der Waals surface area (Å²) in [6.07, 6.45) is 0.863. The highest BCUT2D eigenvalue weighted by molar-refractivity contribution is 5.98. The number of nitrogens with zero attached hydrogens (tertiary/aromatic N) is 1. The summed E-state index contributed by atoms with van der Waals surface area (Å²) in [6, 6.07) is 0. The van der Waals surface area contributed by atoms with Gasteiger partial charge in [0.25, 0.3) is 0 Å². The number of hydrogen-bond donors (Lipinski definition) is 3. The molecule has 1 aliphatic heterocycles. The molecule has 0 aliphatic carbocycles. The molecule has 0 bridgehead atoms. The SMILES string of the molecule is C/C(C(=O)O)=C(\CN1CCC(O)CC1)C(=O)O. The maximum absolute atomic E-state index is 11.0. The van der Waals surface area contributed by atoms with Crippen LogP contribution in [0.2, 0.25) is 0 Å². The number of carboxylic acid groups (broad SMARTS) is 2. The molecule has 1 aliphatic rings. The lowest BCUT2D eigenvalue weighted by Crippen LogP contribution is -2.38. The topological polar surface area (TPSA) is 98.1 Å². The number of aliphatic hydroxyl groups is 1. The predicted molar refractivity (Wildman–Crippen MR) is 59.7 cm³/mol. The Balaban J connectivity index is 2.72. The molecule has 0 aromatic carbocycles. The van der Waals surface area contributed by atoms with Crippen LogP contribution in [0, 0.1) is 0 Å². The summed E-state index contributed by atoms with van der Waals surface area (Å²) in [5.74, 6) is -2.41. The third-order valence-electron chi connectivity index (χ3n) is 2.97. The summed E-state index contributed by atoms with van der Waals surface area (Å²) in [5, 5.41) is 27.1. The fraction of sp³-hybridized carbons (Fsp3) is 0.636. The highest BCUT2D eigenvalue weighted by Crippen LogP contribution is 2.14. The molecule has 1 saturated heterocycles. The minimum atomic E-state index is -1.21. The second-order valence-electron chi connectivity index (χ2n) is 4.22. The number of piperidine rings is 1. The summed E-state index contributed by atoms with van der Waals surface area (Å²) in [6.45, 7) is 2.58. The first-order valence-corrected chi connectivity index (χ1v) is 5.48. The van der Waals surface area contributed by atoms with Crippen molar-refractivity contribution in [2.24, 2.45) is 0 Å². The molecule has 0 aromatic rings. The number of carboxylic acids is 2. The van der Waals surface area contributed by atoms with Crippen molar-refractivity contribution >= 4 is 11.9 Å². The molecule has 6 nitrogen and oxygen atoms in total. The van der Waals surface area contributed by atoms with Gasteiger partial charge in [0.05, 0.1) is 11.7 Å². The van der Waals surface area contributed by atoms with Gasteiger partial charge in [-0.1, -0.05) is 0 Å². The number of rotatable bonds is 4. The summed E-state index contributed by atoms with van der Waals surface area (Å²) >= 11 is 0. The van der Waals surface area contributed by atoms with Crippen LogP contribution in [0.4, 0.5) is 0 Å². The van der Waals surface area contributed by atoms with Crippen LogP contribution in [0.15, 0.2) is 11.1 Å². The Labute approximate surface area is 99.2 Å². The van der Waals surface area contributed by atoms with E-state index >= 15 is 0 Å². The average molecular weight is 243 g/mol. The molecule has 0 amide bonds. The zero-order chi connectivity index (χ0) is 13.0. The van der Waals surface area contributed by atoms with E-state index < -0.39 is 11.9 Å². The molecule has 1 heterocycles. The zero-order valence-electron chi connectivity index (χ0n) is 9.72. The first-order valence-electron chi connectivity index (χ1n) is 5.48. The highest BCUT2D eigenvalue weighted by Gasteiger charge is 2.22. The number of hydrogen-bond acceptors (Lipinski definition) is 4. The molecule has 17 heavy (non-hydrogen) atoms. The Hall–Kier alpha value is -1.40. The first-order chi connectivity index (χ1) is 7.91. The minimum absolute atomic E-state index is 0.0890. The van der Waals surface area contributed by atoms with E-state index in [4.69, 9.17) is 10.2 Å². The molecule has 6 heteroatoms. The number of aliphatic carboxylic acids is 2. The fourth-order valence-electron chi connectivity index (χ4n) is 1.78. The standard InChI is InChI=1S/C11H17NO5/c1-7(10(14)15)9(11(16)17)6-12-4-2-8(13)3-5-12/h8,13H,2-6H2,1H3,(H,14,15)(H,16,17)/b9-7-. The Bertz CT molecular complexity index is 342. The Morgan fingerprint density at radius 2 is 1.71 bits per heavy atom. The maximum atomic E-state index is 11.0. The molecule has 1 rings (SSSR count). The molecule has 0 spiro atoms. The second kappa shape index (κ2) is 5.79. The molecule has 96 valence electrons. The molecular weight excluding hydrogens is 226 g/mol. The van der Waals surface area contributed by atoms with Crippen molar-refractivity contribution in [1.29, 1.82) is 0 Å². The molecule has 1 fully saturated rings. The summed E-state index contributed by atoms with van der Waals surface area (Å²) in [7, 11) is 0. The van der Waals surface area contributed by atoms with Crippen molar-refractivity contribution < 1.29 is 24.9 Å². The Morgan fingerprint density at radius 1 is 1.18 bits per heavy atom.